The van der Waals surface area contributed by atoms with E-state index < -0.39 is 18.0 Å². The number of carboxylic acid groups (broad SMARTS) is 1. The molecule has 110 valence electrons. The van der Waals surface area contributed by atoms with E-state index in [4.69, 9.17) is 9.84 Å². The summed E-state index contributed by atoms with van der Waals surface area (Å²) in [5, 5.41) is 13.9. The Morgan fingerprint density at radius 2 is 2.05 bits per heavy atom. The monoisotopic (exact) mass is 280 g/mol. The molecular formula is C14H20N2O4. The Labute approximate surface area is 118 Å². The van der Waals surface area contributed by atoms with E-state index in [0.717, 1.165) is 11.3 Å². The van der Waals surface area contributed by atoms with Gasteiger partial charge < -0.3 is 20.5 Å². The molecule has 0 bridgehead atoms. The van der Waals surface area contributed by atoms with Gasteiger partial charge in [-0.15, -0.1) is 0 Å². The Hall–Kier alpha value is -2.24. The van der Waals surface area contributed by atoms with Crippen LogP contribution in [-0.4, -0.2) is 36.8 Å². The fraction of sp³-hybridized carbons (Fsp3) is 0.429. The molecule has 1 aromatic rings. The second-order valence-corrected chi connectivity index (χ2v) is 4.26. The fourth-order valence-corrected chi connectivity index (χ4v) is 1.77. The lowest BCUT2D eigenvalue weighted by Crippen LogP contribution is -2.46. The zero-order valence-corrected chi connectivity index (χ0v) is 11.7. The maximum Gasteiger partial charge on any atom is 0.326 e. The molecule has 0 aliphatic rings. The third-order valence-electron chi connectivity index (χ3n) is 2.88. The minimum atomic E-state index is -1.03. The molecular weight excluding hydrogens is 260 g/mol. The number of amides is 2. The summed E-state index contributed by atoms with van der Waals surface area (Å²) < 4.78 is 5.21. The first-order valence-electron chi connectivity index (χ1n) is 6.47. The smallest absolute Gasteiger partial charge is 0.326 e. The van der Waals surface area contributed by atoms with Crippen molar-refractivity contribution >= 4 is 12.0 Å². The minimum absolute atomic E-state index is 0.343. The number of nitrogens with one attached hydrogen (secondary N) is 2. The molecule has 0 saturated carbocycles. The summed E-state index contributed by atoms with van der Waals surface area (Å²) in [6.45, 7) is 2.11. The Bertz CT molecular complexity index is 462. The number of methoxy groups -OCH3 is 1. The third kappa shape index (κ3) is 4.79. The van der Waals surface area contributed by atoms with Crippen LogP contribution in [0.3, 0.4) is 0 Å². The molecule has 2 amide bonds. The van der Waals surface area contributed by atoms with E-state index in [1.54, 1.807) is 14.0 Å². The maximum atomic E-state index is 11.5. The summed E-state index contributed by atoms with van der Waals surface area (Å²) in [7, 11) is 1.59. The predicted octanol–water partition coefficient (Wildman–Crippen LogP) is 1.40. The van der Waals surface area contributed by atoms with Gasteiger partial charge in [0.05, 0.1) is 7.11 Å². The first kappa shape index (κ1) is 15.8. The summed E-state index contributed by atoms with van der Waals surface area (Å²) in [6.07, 6.45) is 0.955. The molecule has 0 fully saturated rings. The van der Waals surface area contributed by atoms with Crippen LogP contribution in [0.2, 0.25) is 0 Å². The minimum Gasteiger partial charge on any atom is -0.496 e. The second-order valence-electron chi connectivity index (χ2n) is 4.26. The number of rotatable bonds is 7. The summed E-state index contributed by atoms with van der Waals surface area (Å²) in [4.78, 5) is 22.3. The van der Waals surface area contributed by atoms with Crippen LogP contribution in [0.4, 0.5) is 4.79 Å². The van der Waals surface area contributed by atoms with Crippen molar-refractivity contribution in [3.8, 4) is 5.75 Å². The number of carbonyl (C=O) groups is 2. The standard InChI is InChI=1S/C14H20N2O4/c1-3-11(13(17)18)16-14(19)15-9-8-10-6-4-5-7-12(10)20-2/h4-7,11H,3,8-9H2,1-2H3,(H,17,18)(H2,15,16,19). The van der Waals surface area contributed by atoms with Crippen molar-refractivity contribution in [3.05, 3.63) is 29.8 Å². The van der Waals surface area contributed by atoms with E-state index in [0.29, 0.717) is 19.4 Å². The molecule has 1 unspecified atom stereocenters. The molecule has 0 saturated heterocycles. The lowest BCUT2D eigenvalue weighted by atomic mass is 10.1. The van der Waals surface area contributed by atoms with Crippen molar-refractivity contribution in [3.63, 3.8) is 0 Å². The van der Waals surface area contributed by atoms with Crippen LogP contribution in [-0.2, 0) is 11.2 Å². The van der Waals surface area contributed by atoms with Crippen molar-refractivity contribution in [2.75, 3.05) is 13.7 Å². The van der Waals surface area contributed by atoms with Crippen LogP contribution >= 0.6 is 0 Å². The highest BCUT2D eigenvalue weighted by Crippen LogP contribution is 2.17. The van der Waals surface area contributed by atoms with Gasteiger partial charge in [0.1, 0.15) is 11.8 Å². The Balaban J connectivity index is 2.40. The number of carboxylic acids is 1. The Morgan fingerprint density at radius 1 is 1.35 bits per heavy atom. The van der Waals surface area contributed by atoms with Gasteiger partial charge in [-0.05, 0) is 24.5 Å². The molecule has 6 nitrogen and oxygen atoms in total. The quantitative estimate of drug-likeness (QED) is 0.704. The molecule has 0 radical (unpaired) electrons. The highest BCUT2D eigenvalue weighted by Gasteiger charge is 2.16. The van der Waals surface area contributed by atoms with Crippen molar-refractivity contribution < 1.29 is 19.4 Å². The van der Waals surface area contributed by atoms with Gasteiger partial charge in [-0.25, -0.2) is 9.59 Å². The molecule has 0 heterocycles. The Kier molecular flexibility index (Phi) is 6.36. The molecule has 1 atom stereocenters. The number of hydrogen-bond acceptors (Lipinski definition) is 3. The molecule has 3 N–H and O–H groups in total. The van der Waals surface area contributed by atoms with Gasteiger partial charge in [-0.3, -0.25) is 0 Å². The lowest BCUT2D eigenvalue weighted by Gasteiger charge is -2.13. The van der Waals surface area contributed by atoms with Gasteiger partial charge in [-0.2, -0.15) is 0 Å². The van der Waals surface area contributed by atoms with Gasteiger partial charge in [-0.1, -0.05) is 25.1 Å². The molecule has 20 heavy (non-hydrogen) atoms. The predicted molar refractivity (Wildman–Crippen MR) is 74.9 cm³/mol. The van der Waals surface area contributed by atoms with E-state index >= 15 is 0 Å². The van der Waals surface area contributed by atoms with Crippen molar-refractivity contribution in [2.24, 2.45) is 0 Å². The molecule has 0 aliphatic heterocycles. The van der Waals surface area contributed by atoms with Gasteiger partial charge in [0, 0.05) is 6.54 Å². The fourth-order valence-electron chi connectivity index (χ4n) is 1.77. The molecule has 6 heteroatoms. The van der Waals surface area contributed by atoms with Crippen LogP contribution in [0.1, 0.15) is 18.9 Å². The first-order valence-corrected chi connectivity index (χ1v) is 6.47. The first-order chi connectivity index (χ1) is 9.58. The topological polar surface area (TPSA) is 87.7 Å². The van der Waals surface area contributed by atoms with Crippen LogP contribution in [0, 0.1) is 0 Å². The number of benzene rings is 1. The van der Waals surface area contributed by atoms with Crippen LogP contribution in [0.5, 0.6) is 5.75 Å². The van der Waals surface area contributed by atoms with E-state index in [1.807, 2.05) is 24.3 Å². The van der Waals surface area contributed by atoms with Gasteiger partial charge in [0.15, 0.2) is 0 Å². The number of aliphatic carboxylic acids is 1. The van der Waals surface area contributed by atoms with E-state index in [1.165, 1.54) is 0 Å². The second kappa shape index (κ2) is 8.04. The summed E-state index contributed by atoms with van der Waals surface area (Å²) in [5.74, 6) is -0.265. The average molecular weight is 280 g/mol. The zero-order chi connectivity index (χ0) is 15.0. The molecule has 1 aromatic carbocycles. The molecule has 0 aliphatic carbocycles. The largest absolute Gasteiger partial charge is 0.496 e. The Morgan fingerprint density at radius 3 is 2.65 bits per heavy atom. The highest BCUT2D eigenvalue weighted by atomic mass is 16.5. The van der Waals surface area contributed by atoms with Crippen LogP contribution in [0.25, 0.3) is 0 Å². The van der Waals surface area contributed by atoms with Gasteiger partial charge in [0.25, 0.3) is 0 Å². The zero-order valence-electron chi connectivity index (χ0n) is 11.7. The van der Waals surface area contributed by atoms with E-state index in [2.05, 4.69) is 10.6 Å². The summed E-state index contributed by atoms with van der Waals surface area (Å²) in [5.41, 5.74) is 0.987. The number of urea groups is 1. The van der Waals surface area contributed by atoms with Crippen molar-refractivity contribution in [1.29, 1.82) is 0 Å². The van der Waals surface area contributed by atoms with Crippen LogP contribution in [0.15, 0.2) is 24.3 Å². The van der Waals surface area contributed by atoms with Gasteiger partial charge in [0.2, 0.25) is 0 Å². The maximum absolute atomic E-state index is 11.5. The lowest BCUT2D eigenvalue weighted by molar-refractivity contribution is -0.139. The van der Waals surface area contributed by atoms with E-state index in [-0.39, 0.29) is 0 Å². The summed E-state index contributed by atoms with van der Waals surface area (Å²) in [6, 6.07) is 6.21. The number of ether oxygens (including phenoxy) is 1. The number of hydrogen-bond donors (Lipinski definition) is 3. The average Bonchev–Trinajstić information content (AvgIpc) is 2.45. The van der Waals surface area contributed by atoms with Crippen LogP contribution < -0.4 is 15.4 Å². The van der Waals surface area contributed by atoms with E-state index in [9.17, 15) is 9.59 Å². The van der Waals surface area contributed by atoms with Crippen molar-refractivity contribution in [1.82, 2.24) is 10.6 Å². The normalized spacial score (nSPS) is 11.5. The summed E-state index contributed by atoms with van der Waals surface area (Å²) >= 11 is 0. The number of para-hydroxylation sites is 1. The highest BCUT2D eigenvalue weighted by molar-refractivity contribution is 5.82. The van der Waals surface area contributed by atoms with Gasteiger partial charge >= 0.3 is 12.0 Å². The number of carbonyl (C=O) groups excluding carboxylic acids is 1. The third-order valence-corrected chi connectivity index (χ3v) is 2.88. The molecule has 0 aromatic heterocycles. The van der Waals surface area contributed by atoms with Crippen molar-refractivity contribution in [2.45, 2.75) is 25.8 Å². The molecule has 1 rings (SSSR count). The SMILES string of the molecule is CCC(NC(=O)NCCc1ccccc1OC)C(=O)O. The molecule has 0 spiro atoms.